The van der Waals surface area contributed by atoms with Crippen molar-refractivity contribution in [3.05, 3.63) is 52.1 Å². The van der Waals surface area contributed by atoms with Crippen molar-refractivity contribution in [3.63, 3.8) is 0 Å². The first kappa shape index (κ1) is 26.9. The zero-order chi connectivity index (χ0) is 26.2. The lowest BCUT2D eigenvalue weighted by atomic mass is 10.1. The molecule has 0 spiro atoms. The minimum Gasteiger partial charge on any atom is -0.493 e. The summed E-state index contributed by atoms with van der Waals surface area (Å²) in [5, 5.41) is 2.48. The molecule has 1 saturated heterocycles. The van der Waals surface area contributed by atoms with E-state index in [2.05, 4.69) is 5.32 Å². The van der Waals surface area contributed by atoms with Gasteiger partial charge in [-0.05, 0) is 54.3 Å². The van der Waals surface area contributed by atoms with E-state index in [9.17, 15) is 14.4 Å². The molecular formula is C26H29ClN2O7. The van der Waals surface area contributed by atoms with E-state index in [0.29, 0.717) is 47.3 Å². The predicted octanol–water partition coefficient (Wildman–Crippen LogP) is 4.60. The minimum absolute atomic E-state index is 0.0758. The molecule has 1 aliphatic rings. The number of nitrogens with zero attached hydrogens (tertiary/aromatic N) is 1. The van der Waals surface area contributed by atoms with Gasteiger partial charge >= 0.3 is 6.03 Å². The van der Waals surface area contributed by atoms with Crippen LogP contribution in [0.4, 0.5) is 4.79 Å². The Kier molecular flexibility index (Phi) is 9.19. The molecule has 2 aromatic rings. The number of barbiturate groups is 1. The molecule has 4 amide bonds. The summed E-state index contributed by atoms with van der Waals surface area (Å²) in [4.78, 5) is 39.2. The maximum absolute atomic E-state index is 13.2. The van der Waals surface area contributed by atoms with Crippen LogP contribution in [-0.2, 0) is 16.1 Å². The fourth-order valence-electron chi connectivity index (χ4n) is 3.50. The quantitative estimate of drug-likeness (QED) is 0.344. The van der Waals surface area contributed by atoms with Gasteiger partial charge in [0.1, 0.15) is 5.57 Å². The molecular weight excluding hydrogens is 488 g/mol. The Labute approximate surface area is 214 Å². The number of halogens is 1. The van der Waals surface area contributed by atoms with Crippen molar-refractivity contribution in [1.82, 2.24) is 10.2 Å². The summed E-state index contributed by atoms with van der Waals surface area (Å²) < 4.78 is 22.0. The third-order valence-corrected chi connectivity index (χ3v) is 5.51. The first-order chi connectivity index (χ1) is 17.3. The zero-order valence-electron chi connectivity index (χ0n) is 20.7. The van der Waals surface area contributed by atoms with Crippen LogP contribution in [0.3, 0.4) is 0 Å². The Hall–Kier alpha value is -3.72. The average molecular weight is 517 g/mol. The second kappa shape index (κ2) is 12.3. The molecule has 0 aromatic heterocycles. The third-order valence-electron chi connectivity index (χ3n) is 5.23. The fourth-order valence-corrected chi connectivity index (χ4v) is 3.77. The number of hydrogen-bond acceptors (Lipinski definition) is 7. The Balaban J connectivity index is 1.89. The number of carbonyl (C=O) groups excluding carboxylic acids is 3. The highest BCUT2D eigenvalue weighted by Crippen LogP contribution is 2.37. The lowest BCUT2D eigenvalue weighted by Crippen LogP contribution is -2.53. The van der Waals surface area contributed by atoms with E-state index < -0.39 is 17.8 Å². The smallest absolute Gasteiger partial charge is 0.331 e. The molecule has 192 valence electrons. The van der Waals surface area contributed by atoms with Gasteiger partial charge in [-0.1, -0.05) is 31.5 Å². The molecule has 0 aliphatic carbocycles. The number of rotatable bonds is 11. The second-order valence-corrected chi connectivity index (χ2v) is 8.33. The van der Waals surface area contributed by atoms with Crippen LogP contribution < -0.4 is 24.3 Å². The molecule has 9 nitrogen and oxygen atoms in total. The van der Waals surface area contributed by atoms with Gasteiger partial charge in [0.05, 0.1) is 39.0 Å². The number of methoxy groups -OCH3 is 2. The third kappa shape index (κ3) is 6.09. The number of hydrogen-bond donors (Lipinski definition) is 1. The number of ether oxygens (including phenoxy) is 4. The number of nitrogens with one attached hydrogen (secondary N) is 1. The normalized spacial score (nSPS) is 14.6. The molecule has 0 radical (unpaired) electrons. The van der Waals surface area contributed by atoms with E-state index in [-0.39, 0.29) is 17.1 Å². The Morgan fingerprint density at radius 3 is 2.28 bits per heavy atom. The average Bonchev–Trinajstić information content (AvgIpc) is 2.87. The van der Waals surface area contributed by atoms with Gasteiger partial charge in [0.25, 0.3) is 11.8 Å². The number of benzene rings is 2. The van der Waals surface area contributed by atoms with Gasteiger partial charge in [0, 0.05) is 0 Å². The second-order valence-electron chi connectivity index (χ2n) is 7.92. The van der Waals surface area contributed by atoms with Gasteiger partial charge < -0.3 is 18.9 Å². The van der Waals surface area contributed by atoms with Crippen LogP contribution in [0, 0.1) is 0 Å². The monoisotopic (exact) mass is 516 g/mol. The molecule has 2 aromatic carbocycles. The summed E-state index contributed by atoms with van der Waals surface area (Å²) >= 11 is 6.37. The molecule has 1 aliphatic heterocycles. The molecule has 0 atom stereocenters. The molecule has 0 saturated carbocycles. The van der Waals surface area contributed by atoms with E-state index >= 15 is 0 Å². The van der Waals surface area contributed by atoms with Crippen molar-refractivity contribution in [1.29, 1.82) is 0 Å². The molecule has 0 bridgehead atoms. The van der Waals surface area contributed by atoms with E-state index in [1.54, 1.807) is 30.3 Å². The standard InChI is InChI=1S/C26H29ClN2O7/c1-5-9-35-20-8-7-16(13-21(20)33-3)15-29-25(31)18(24(30)28-26(29)32)11-17-12-19(27)23(36-10-6-2)22(14-17)34-4/h7-8,11-14H,5-6,9-10,15H2,1-4H3,(H,28,30,32)/b18-11+. The van der Waals surface area contributed by atoms with E-state index in [1.165, 1.54) is 20.3 Å². The van der Waals surface area contributed by atoms with Crippen LogP contribution in [-0.4, -0.2) is 50.2 Å². The van der Waals surface area contributed by atoms with Crippen LogP contribution >= 0.6 is 11.6 Å². The van der Waals surface area contributed by atoms with Gasteiger partial charge in [-0.15, -0.1) is 0 Å². The maximum Gasteiger partial charge on any atom is 0.331 e. The molecule has 0 unspecified atom stereocenters. The highest BCUT2D eigenvalue weighted by atomic mass is 35.5. The predicted molar refractivity (Wildman–Crippen MR) is 135 cm³/mol. The van der Waals surface area contributed by atoms with Crippen molar-refractivity contribution in [3.8, 4) is 23.0 Å². The van der Waals surface area contributed by atoms with Crippen LogP contribution in [0.15, 0.2) is 35.9 Å². The van der Waals surface area contributed by atoms with Crippen molar-refractivity contribution in [2.24, 2.45) is 0 Å². The van der Waals surface area contributed by atoms with Gasteiger partial charge in [-0.3, -0.25) is 19.8 Å². The number of urea groups is 1. The number of amides is 4. The Morgan fingerprint density at radius 2 is 1.61 bits per heavy atom. The van der Waals surface area contributed by atoms with Crippen molar-refractivity contribution in [2.45, 2.75) is 33.2 Å². The summed E-state index contributed by atoms with van der Waals surface area (Å²) in [6.45, 7) is 4.86. The highest BCUT2D eigenvalue weighted by molar-refractivity contribution is 6.33. The summed E-state index contributed by atoms with van der Waals surface area (Å²) in [6, 6.07) is 7.48. The fraction of sp³-hybridized carbons (Fsp3) is 0.346. The molecule has 1 N–H and O–H groups in total. The van der Waals surface area contributed by atoms with Gasteiger partial charge in [-0.2, -0.15) is 0 Å². The molecule has 10 heteroatoms. The maximum atomic E-state index is 13.2. The first-order valence-electron chi connectivity index (χ1n) is 11.5. The highest BCUT2D eigenvalue weighted by Gasteiger charge is 2.36. The van der Waals surface area contributed by atoms with Crippen molar-refractivity contribution < 1.29 is 33.3 Å². The van der Waals surface area contributed by atoms with Crippen LogP contribution in [0.25, 0.3) is 6.08 Å². The Morgan fingerprint density at radius 1 is 0.917 bits per heavy atom. The van der Waals surface area contributed by atoms with Crippen LogP contribution in [0.1, 0.15) is 37.8 Å². The molecule has 3 rings (SSSR count). The summed E-state index contributed by atoms with van der Waals surface area (Å²) in [6.07, 6.45) is 2.98. The van der Waals surface area contributed by atoms with Crippen LogP contribution in [0.5, 0.6) is 23.0 Å². The minimum atomic E-state index is -0.814. The summed E-state index contributed by atoms with van der Waals surface area (Å²) in [7, 11) is 2.97. The number of carbonyl (C=O) groups is 3. The topological polar surface area (TPSA) is 103 Å². The van der Waals surface area contributed by atoms with E-state index in [4.69, 9.17) is 30.5 Å². The van der Waals surface area contributed by atoms with Gasteiger partial charge in [-0.25, -0.2) is 4.79 Å². The van der Waals surface area contributed by atoms with E-state index in [1.807, 2.05) is 13.8 Å². The first-order valence-corrected chi connectivity index (χ1v) is 11.9. The van der Waals surface area contributed by atoms with E-state index in [0.717, 1.165) is 17.7 Å². The molecule has 36 heavy (non-hydrogen) atoms. The van der Waals surface area contributed by atoms with Crippen molar-refractivity contribution >= 4 is 35.5 Å². The zero-order valence-corrected chi connectivity index (χ0v) is 21.4. The van der Waals surface area contributed by atoms with Crippen molar-refractivity contribution in [2.75, 3.05) is 27.4 Å². The van der Waals surface area contributed by atoms with Gasteiger partial charge in [0.2, 0.25) is 0 Å². The number of imide groups is 2. The molecule has 1 fully saturated rings. The Bertz CT molecular complexity index is 1180. The molecule has 1 heterocycles. The van der Waals surface area contributed by atoms with Gasteiger partial charge in [0.15, 0.2) is 23.0 Å². The lowest BCUT2D eigenvalue weighted by molar-refractivity contribution is -0.130. The lowest BCUT2D eigenvalue weighted by Gasteiger charge is -2.26. The largest absolute Gasteiger partial charge is 0.493 e. The summed E-state index contributed by atoms with van der Waals surface area (Å²) in [5.41, 5.74) is 0.840. The summed E-state index contributed by atoms with van der Waals surface area (Å²) in [5.74, 6) is 0.228. The SMILES string of the molecule is CCCOc1ccc(CN2C(=O)NC(=O)/C(=C\c3cc(Cl)c(OCCC)c(OC)c3)C2=O)cc1OC. The van der Waals surface area contributed by atoms with Crippen LogP contribution in [0.2, 0.25) is 5.02 Å².